The van der Waals surface area contributed by atoms with Gasteiger partial charge in [0.2, 0.25) is 11.5 Å². The summed E-state index contributed by atoms with van der Waals surface area (Å²) in [7, 11) is 0. The lowest BCUT2D eigenvalue weighted by atomic mass is 10.3. The quantitative estimate of drug-likeness (QED) is 0.670. The first kappa shape index (κ1) is 7.92. The Hall–Kier alpha value is -2.44. The van der Waals surface area contributed by atoms with Gasteiger partial charge < -0.3 is 13.9 Å². The average molecular weight is 203 g/mol. The maximum atomic E-state index is 5.10. The van der Waals surface area contributed by atoms with Gasteiger partial charge in [0.25, 0.3) is 5.89 Å². The molecule has 0 radical (unpaired) electrons. The minimum absolute atomic E-state index is 0.350. The van der Waals surface area contributed by atoms with E-state index in [1.807, 2.05) is 0 Å². The van der Waals surface area contributed by atoms with E-state index in [0.29, 0.717) is 23.2 Å². The van der Waals surface area contributed by atoms with Crippen LogP contribution in [0.4, 0.5) is 0 Å². The zero-order valence-electron chi connectivity index (χ0n) is 7.41. The van der Waals surface area contributed by atoms with E-state index in [1.165, 1.54) is 12.5 Å². The zero-order chi connectivity index (χ0) is 10.1. The van der Waals surface area contributed by atoms with Crippen LogP contribution in [0.5, 0.6) is 0 Å². The normalized spacial score (nSPS) is 10.7. The summed E-state index contributed by atoms with van der Waals surface area (Å²) in [5.41, 5.74) is 0.426. The van der Waals surface area contributed by atoms with E-state index in [1.54, 1.807) is 12.4 Å². The van der Waals surface area contributed by atoms with Crippen molar-refractivity contribution in [2.45, 2.75) is 0 Å². The third-order valence-corrected chi connectivity index (χ3v) is 1.84. The lowest BCUT2D eigenvalue weighted by Crippen LogP contribution is -1.83. The molecular weight excluding hydrogens is 198 g/mol. The van der Waals surface area contributed by atoms with Gasteiger partial charge in [-0.2, -0.15) is 0 Å². The first-order chi connectivity index (χ1) is 7.45. The van der Waals surface area contributed by atoms with Gasteiger partial charge in [0.15, 0.2) is 5.82 Å². The maximum Gasteiger partial charge on any atom is 0.251 e. The predicted octanol–water partition coefficient (Wildman–Crippen LogP) is 1.11. The Labute approximate surface area is 83.1 Å². The van der Waals surface area contributed by atoms with E-state index >= 15 is 0 Å². The molecule has 3 rings (SSSR count). The van der Waals surface area contributed by atoms with Gasteiger partial charge in [0.05, 0.1) is 6.20 Å². The van der Waals surface area contributed by atoms with Gasteiger partial charge in [0.1, 0.15) is 6.26 Å². The highest BCUT2D eigenvalue weighted by Crippen LogP contribution is 2.25. The van der Waals surface area contributed by atoms with Crippen LogP contribution in [-0.2, 0) is 0 Å². The fourth-order valence-electron chi connectivity index (χ4n) is 1.22. The van der Waals surface area contributed by atoms with Gasteiger partial charge in [-0.3, -0.25) is 0 Å². The Morgan fingerprint density at radius 1 is 1.20 bits per heavy atom. The molecule has 0 aromatic carbocycles. The second kappa shape index (κ2) is 3.05. The molecule has 0 unspecified atom stereocenters. The molecule has 15 heavy (non-hydrogen) atoms. The number of oxazole rings is 1. The second-order valence-corrected chi connectivity index (χ2v) is 2.73. The van der Waals surface area contributed by atoms with Gasteiger partial charge in [-0.1, -0.05) is 0 Å². The summed E-state index contributed by atoms with van der Waals surface area (Å²) in [5, 5.41) is 7.23. The van der Waals surface area contributed by atoms with Crippen LogP contribution in [0.1, 0.15) is 0 Å². The molecule has 3 aromatic rings. The molecule has 0 spiro atoms. The molecule has 1 N–H and O–H groups in total. The SMILES string of the molecule is c1c[nH]c(-c2onnc2-c2ncco2)n1. The molecule has 0 saturated heterocycles. The first-order valence-corrected chi connectivity index (χ1v) is 4.17. The van der Waals surface area contributed by atoms with E-state index in [4.69, 9.17) is 8.94 Å². The molecule has 0 fully saturated rings. The second-order valence-electron chi connectivity index (χ2n) is 2.73. The Kier molecular flexibility index (Phi) is 1.61. The van der Waals surface area contributed by atoms with E-state index < -0.39 is 0 Å². The van der Waals surface area contributed by atoms with Crippen LogP contribution in [0, 0.1) is 0 Å². The zero-order valence-corrected chi connectivity index (χ0v) is 7.41. The van der Waals surface area contributed by atoms with Gasteiger partial charge in [-0.15, -0.1) is 5.10 Å². The number of aromatic amines is 1. The third-order valence-electron chi connectivity index (χ3n) is 1.84. The summed E-state index contributed by atoms with van der Waals surface area (Å²) in [6.45, 7) is 0. The Morgan fingerprint density at radius 3 is 2.93 bits per heavy atom. The van der Waals surface area contributed by atoms with E-state index in [0.717, 1.165) is 0 Å². The van der Waals surface area contributed by atoms with Crippen molar-refractivity contribution in [2.75, 3.05) is 0 Å². The summed E-state index contributed by atoms with van der Waals surface area (Å²) in [6, 6.07) is 0. The molecule has 7 nitrogen and oxygen atoms in total. The standard InChI is InChI=1S/C8H5N5O2/c1-2-10-7(9-1)6-5(12-13-15-6)8-11-3-4-14-8/h1-4H,(H,9,10). The van der Waals surface area contributed by atoms with Crippen molar-refractivity contribution in [3.05, 3.63) is 24.9 Å². The van der Waals surface area contributed by atoms with Crippen LogP contribution >= 0.6 is 0 Å². The monoisotopic (exact) mass is 203 g/mol. The number of rotatable bonds is 2. The lowest BCUT2D eigenvalue weighted by molar-refractivity contribution is 0.402. The van der Waals surface area contributed by atoms with Gasteiger partial charge in [0, 0.05) is 17.7 Å². The van der Waals surface area contributed by atoms with Crippen molar-refractivity contribution >= 4 is 0 Å². The molecule has 0 atom stereocenters. The molecule has 3 heterocycles. The van der Waals surface area contributed by atoms with Crippen LogP contribution in [-0.4, -0.2) is 25.3 Å². The molecule has 0 aliphatic carbocycles. The molecule has 74 valence electrons. The van der Waals surface area contributed by atoms with Crippen molar-refractivity contribution in [1.29, 1.82) is 0 Å². The van der Waals surface area contributed by atoms with Crippen molar-refractivity contribution in [1.82, 2.24) is 25.3 Å². The minimum Gasteiger partial charge on any atom is -0.443 e. The Bertz CT molecular complexity index is 491. The molecule has 0 aliphatic rings. The molecule has 3 aromatic heterocycles. The highest BCUT2D eigenvalue weighted by atomic mass is 16.5. The van der Waals surface area contributed by atoms with Crippen molar-refractivity contribution in [2.24, 2.45) is 0 Å². The Balaban J connectivity index is 2.15. The lowest BCUT2D eigenvalue weighted by Gasteiger charge is -1.90. The third kappa shape index (κ3) is 1.21. The number of aromatic nitrogens is 5. The summed E-state index contributed by atoms with van der Waals surface area (Å²) in [6.07, 6.45) is 6.26. The average Bonchev–Trinajstić information content (AvgIpc) is 3.01. The largest absolute Gasteiger partial charge is 0.443 e. The number of nitrogens with one attached hydrogen (secondary N) is 1. The molecule has 7 heteroatoms. The molecular formula is C8H5N5O2. The molecule has 0 amide bonds. The fraction of sp³-hybridized carbons (Fsp3) is 0. The van der Waals surface area contributed by atoms with Crippen LogP contribution in [0.25, 0.3) is 23.2 Å². The van der Waals surface area contributed by atoms with Crippen LogP contribution in [0.2, 0.25) is 0 Å². The van der Waals surface area contributed by atoms with Crippen molar-refractivity contribution in [3.8, 4) is 23.2 Å². The van der Waals surface area contributed by atoms with Gasteiger partial charge >= 0.3 is 0 Å². The number of H-pyrrole nitrogens is 1. The predicted molar refractivity (Wildman–Crippen MR) is 47.4 cm³/mol. The smallest absolute Gasteiger partial charge is 0.251 e. The first-order valence-electron chi connectivity index (χ1n) is 4.17. The van der Waals surface area contributed by atoms with E-state index in [-0.39, 0.29) is 0 Å². The van der Waals surface area contributed by atoms with E-state index in [9.17, 15) is 0 Å². The van der Waals surface area contributed by atoms with Gasteiger partial charge in [-0.25, -0.2) is 9.97 Å². The molecule has 0 bridgehead atoms. The van der Waals surface area contributed by atoms with Crippen molar-refractivity contribution in [3.63, 3.8) is 0 Å². The number of nitrogens with zero attached hydrogens (tertiary/aromatic N) is 4. The molecule has 0 aliphatic heterocycles. The fourth-order valence-corrected chi connectivity index (χ4v) is 1.22. The maximum absolute atomic E-state index is 5.10. The minimum atomic E-state index is 0.350. The van der Waals surface area contributed by atoms with Crippen LogP contribution < -0.4 is 0 Å². The van der Waals surface area contributed by atoms with Crippen LogP contribution in [0.3, 0.4) is 0 Å². The topological polar surface area (TPSA) is 93.6 Å². The van der Waals surface area contributed by atoms with Crippen molar-refractivity contribution < 1.29 is 8.94 Å². The highest BCUT2D eigenvalue weighted by molar-refractivity contribution is 5.66. The number of imidazole rings is 1. The summed E-state index contributed by atoms with van der Waals surface area (Å²) < 4.78 is 10.1. The molecule has 0 saturated carbocycles. The number of hydrogen-bond acceptors (Lipinski definition) is 6. The van der Waals surface area contributed by atoms with Gasteiger partial charge in [-0.05, 0) is 0 Å². The summed E-state index contributed by atoms with van der Waals surface area (Å²) in [4.78, 5) is 10.9. The number of hydrogen-bond donors (Lipinski definition) is 1. The Morgan fingerprint density at radius 2 is 2.20 bits per heavy atom. The van der Waals surface area contributed by atoms with E-state index in [2.05, 4.69) is 25.3 Å². The van der Waals surface area contributed by atoms with Crippen LogP contribution in [0.15, 0.2) is 33.8 Å². The summed E-state index contributed by atoms with van der Waals surface area (Å²) >= 11 is 0. The highest BCUT2D eigenvalue weighted by Gasteiger charge is 2.19. The summed E-state index contributed by atoms with van der Waals surface area (Å²) in [5.74, 6) is 1.29.